The zero-order valence-electron chi connectivity index (χ0n) is 19.2. The molecular weight excluding hydrogens is 446 g/mol. The summed E-state index contributed by atoms with van der Waals surface area (Å²) in [5, 5.41) is 7.01. The van der Waals surface area contributed by atoms with Gasteiger partial charge in [0.1, 0.15) is 6.61 Å². The van der Waals surface area contributed by atoms with Gasteiger partial charge < -0.3 is 24.8 Å². The van der Waals surface area contributed by atoms with Gasteiger partial charge in [-0.3, -0.25) is 9.78 Å². The lowest BCUT2D eigenvalue weighted by Gasteiger charge is -2.27. The van der Waals surface area contributed by atoms with Gasteiger partial charge in [0.05, 0.1) is 17.8 Å². The Morgan fingerprint density at radius 2 is 1.97 bits per heavy atom. The largest absolute Gasteiger partial charge is 0.375 e. The zero-order chi connectivity index (χ0) is 23.5. The number of rotatable bonds is 7. The number of benzene rings is 1. The van der Waals surface area contributed by atoms with Crippen LogP contribution in [0.2, 0.25) is 0 Å². The number of ether oxygens (including phenoxy) is 1. The van der Waals surface area contributed by atoms with Crippen LogP contribution in [0.4, 0.5) is 11.4 Å². The standard InChI is InChI=1S/C26H29N5O2S/c1-33-17-23(32)28-19-9-11-21(12-10-19)31-25(18-13-15-30(16-18)20-6-2-3-7-20)24(29-26(31)34)22-8-4-5-14-27-22/h4-5,8-16,20,24-25H,2-3,6-7,17H2,1H3,(H,28,32)(H,29,34)/t24-,25-/m1/s1. The number of thiocarbonyl (C=S) groups is 1. The number of pyridine rings is 1. The maximum atomic E-state index is 11.9. The molecule has 5 rings (SSSR count). The number of amides is 1. The van der Waals surface area contributed by atoms with E-state index in [-0.39, 0.29) is 24.6 Å². The zero-order valence-corrected chi connectivity index (χ0v) is 20.0. The summed E-state index contributed by atoms with van der Waals surface area (Å²) < 4.78 is 7.26. The molecule has 2 aliphatic rings. The van der Waals surface area contributed by atoms with Gasteiger partial charge >= 0.3 is 0 Å². The van der Waals surface area contributed by atoms with Gasteiger partial charge in [0.25, 0.3) is 0 Å². The van der Waals surface area contributed by atoms with E-state index in [0.717, 1.165) is 11.4 Å². The van der Waals surface area contributed by atoms with Crippen LogP contribution < -0.4 is 15.5 Å². The van der Waals surface area contributed by atoms with Crippen molar-refractivity contribution in [3.63, 3.8) is 0 Å². The lowest BCUT2D eigenvalue weighted by molar-refractivity contribution is -0.119. The average Bonchev–Trinajstić information content (AvgIpc) is 3.60. The van der Waals surface area contributed by atoms with Gasteiger partial charge in [-0.25, -0.2) is 0 Å². The van der Waals surface area contributed by atoms with E-state index in [2.05, 4.69) is 43.5 Å². The number of carbonyl (C=O) groups is 1. The van der Waals surface area contributed by atoms with Crippen molar-refractivity contribution >= 4 is 34.6 Å². The van der Waals surface area contributed by atoms with Gasteiger partial charge in [0.2, 0.25) is 5.91 Å². The second-order valence-electron chi connectivity index (χ2n) is 8.85. The van der Waals surface area contributed by atoms with E-state index < -0.39 is 0 Å². The summed E-state index contributed by atoms with van der Waals surface area (Å²) in [6, 6.07) is 16.4. The highest BCUT2D eigenvalue weighted by atomic mass is 32.1. The van der Waals surface area contributed by atoms with Gasteiger partial charge in [-0.15, -0.1) is 0 Å². The summed E-state index contributed by atoms with van der Waals surface area (Å²) in [5.74, 6) is -0.185. The van der Waals surface area contributed by atoms with Crippen LogP contribution in [0.3, 0.4) is 0 Å². The molecule has 1 saturated heterocycles. The molecule has 0 bridgehead atoms. The predicted octanol–water partition coefficient (Wildman–Crippen LogP) is 4.76. The minimum absolute atomic E-state index is 0.0215. The van der Waals surface area contributed by atoms with Crippen molar-refractivity contribution in [3.8, 4) is 0 Å². The SMILES string of the molecule is COCC(=O)Nc1ccc(N2C(=S)N[C@H](c3ccccn3)[C@H]2c2ccn(C3CCCC3)c2)cc1. The first-order valence-corrected chi connectivity index (χ1v) is 12.1. The summed E-state index contributed by atoms with van der Waals surface area (Å²) >= 11 is 5.82. The Labute approximate surface area is 205 Å². The molecule has 0 unspecified atom stereocenters. The molecule has 7 nitrogen and oxygen atoms in total. The van der Waals surface area contributed by atoms with Crippen LogP contribution in [0.5, 0.6) is 0 Å². The van der Waals surface area contributed by atoms with E-state index in [4.69, 9.17) is 17.0 Å². The number of hydrogen-bond acceptors (Lipinski definition) is 4. The van der Waals surface area contributed by atoms with Crippen LogP contribution in [-0.2, 0) is 9.53 Å². The molecule has 3 aromatic rings. The predicted molar refractivity (Wildman–Crippen MR) is 137 cm³/mol. The van der Waals surface area contributed by atoms with Crippen LogP contribution in [-0.4, -0.2) is 34.3 Å². The molecule has 176 valence electrons. The molecule has 2 aromatic heterocycles. The van der Waals surface area contributed by atoms with Gasteiger partial charge in [0, 0.05) is 43.1 Å². The van der Waals surface area contributed by atoms with Gasteiger partial charge in [-0.05, 0) is 73.1 Å². The smallest absolute Gasteiger partial charge is 0.250 e. The average molecular weight is 476 g/mol. The molecule has 2 N–H and O–H groups in total. The lowest BCUT2D eigenvalue weighted by Crippen LogP contribution is -2.29. The van der Waals surface area contributed by atoms with Crippen molar-refractivity contribution in [3.05, 3.63) is 78.4 Å². The quantitative estimate of drug-likeness (QED) is 0.480. The second-order valence-corrected chi connectivity index (χ2v) is 9.24. The highest BCUT2D eigenvalue weighted by Gasteiger charge is 2.41. The first-order chi connectivity index (χ1) is 16.6. The Hall–Kier alpha value is -3.23. The maximum Gasteiger partial charge on any atom is 0.250 e. The second kappa shape index (κ2) is 9.95. The van der Waals surface area contributed by atoms with Gasteiger partial charge in [-0.2, -0.15) is 0 Å². The molecule has 1 aromatic carbocycles. The van der Waals surface area contributed by atoms with Crippen molar-refractivity contribution in [1.82, 2.24) is 14.9 Å². The van der Waals surface area contributed by atoms with E-state index in [9.17, 15) is 4.79 Å². The Balaban J connectivity index is 1.47. The van der Waals surface area contributed by atoms with Crippen LogP contribution in [0, 0.1) is 0 Å². The minimum Gasteiger partial charge on any atom is -0.375 e. The molecule has 0 spiro atoms. The fraction of sp³-hybridized carbons (Fsp3) is 0.346. The third-order valence-corrected chi connectivity index (χ3v) is 6.94. The summed E-state index contributed by atoms with van der Waals surface area (Å²) in [6.07, 6.45) is 11.4. The highest BCUT2D eigenvalue weighted by Crippen LogP contribution is 2.42. The normalized spacial score (nSPS) is 20.5. The molecule has 34 heavy (non-hydrogen) atoms. The molecule has 2 atom stereocenters. The molecule has 0 radical (unpaired) electrons. The molecule has 1 aliphatic heterocycles. The molecule has 1 saturated carbocycles. The van der Waals surface area contributed by atoms with Crippen molar-refractivity contribution in [2.24, 2.45) is 0 Å². The number of carbonyl (C=O) groups excluding carboxylic acids is 1. The van der Waals surface area contributed by atoms with Crippen LogP contribution >= 0.6 is 12.2 Å². The van der Waals surface area contributed by atoms with E-state index in [1.54, 1.807) is 0 Å². The first-order valence-electron chi connectivity index (χ1n) is 11.7. The number of hydrogen-bond donors (Lipinski definition) is 2. The van der Waals surface area contributed by atoms with Crippen LogP contribution in [0.1, 0.15) is 55.1 Å². The fourth-order valence-electron chi connectivity index (χ4n) is 5.04. The number of nitrogens with zero attached hydrogens (tertiary/aromatic N) is 3. The topological polar surface area (TPSA) is 71.4 Å². The molecular formula is C26H29N5O2S. The molecule has 1 amide bonds. The van der Waals surface area contributed by atoms with Gasteiger partial charge in [0.15, 0.2) is 5.11 Å². The van der Waals surface area contributed by atoms with Crippen LogP contribution in [0.15, 0.2) is 67.1 Å². The maximum absolute atomic E-state index is 11.9. The third kappa shape index (κ3) is 4.56. The lowest BCUT2D eigenvalue weighted by atomic mass is 9.98. The van der Waals surface area contributed by atoms with Gasteiger partial charge in [-0.1, -0.05) is 18.9 Å². The van der Waals surface area contributed by atoms with E-state index >= 15 is 0 Å². The van der Waals surface area contributed by atoms with Crippen molar-refractivity contribution in [1.29, 1.82) is 0 Å². The number of anilines is 2. The third-order valence-electron chi connectivity index (χ3n) is 6.63. The fourth-order valence-corrected chi connectivity index (χ4v) is 5.39. The van der Waals surface area contributed by atoms with Crippen LogP contribution in [0.25, 0.3) is 0 Å². The summed E-state index contributed by atoms with van der Waals surface area (Å²) in [7, 11) is 1.50. The summed E-state index contributed by atoms with van der Waals surface area (Å²) in [5.41, 5.74) is 3.83. The molecule has 1 aliphatic carbocycles. The minimum atomic E-state index is -0.185. The number of aromatic nitrogens is 2. The Kier molecular flexibility index (Phi) is 6.60. The highest BCUT2D eigenvalue weighted by molar-refractivity contribution is 7.80. The van der Waals surface area contributed by atoms with Crippen molar-refractivity contribution in [2.45, 2.75) is 43.8 Å². The van der Waals surface area contributed by atoms with E-state index in [0.29, 0.717) is 16.8 Å². The Bertz CT molecular complexity index is 1140. The Morgan fingerprint density at radius 3 is 2.68 bits per heavy atom. The molecule has 3 heterocycles. The number of nitrogens with one attached hydrogen (secondary N) is 2. The number of methoxy groups -OCH3 is 1. The molecule has 8 heteroatoms. The van der Waals surface area contributed by atoms with E-state index in [1.165, 1.54) is 38.4 Å². The first kappa shape index (κ1) is 22.6. The van der Waals surface area contributed by atoms with Crippen molar-refractivity contribution in [2.75, 3.05) is 23.9 Å². The van der Waals surface area contributed by atoms with E-state index in [1.807, 2.05) is 48.7 Å². The van der Waals surface area contributed by atoms with Crippen molar-refractivity contribution < 1.29 is 9.53 Å². The Morgan fingerprint density at radius 1 is 1.18 bits per heavy atom. The monoisotopic (exact) mass is 475 g/mol. The summed E-state index contributed by atoms with van der Waals surface area (Å²) in [6.45, 7) is 0.0215. The molecule has 2 fully saturated rings. The summed E-state index contributed by atoms with van der Waals surface area (Å²) in [4.78, 5) is 18.7.